The van der Waals surface area contributed by atoms with E-state index in [2.05, 4.69) is 41.6 Å². The van der Waals surface area contributed by atoms with Crippen molar-refractivity contribution < 1.29 is 26.7 Å². The number of hydrogen-bond donors (Lipinski definition) is 0. The van der Waals surface area contributed by atoms with E-state index >= 15 is 0 Å². The summed E-state index contributed by atoms with van der Waals surface area (Å²) in [6, 6.07) is 0.770. The van der Waals surface area contributed by atoms with E-state index in [4.69, 9.17) is 0 Å². The third kappa shape index (κ3) is 3.55. The van der Waals surface area contributed by atoms with Gasteiger partial charge >= 0.3 is 6.36 Å². The van der Waals surface area contributed by atoms with Crippen LogP contribution in [0.15, 0.2) is 15.1 Å². The highest BCUT2D eigenvalue weighted by molar-refractivity contribution is 9.13. The van der Waals surface area contributed by atoms with Crippen molar-refractivity contribution in [3.05, 3.63) is 20.8 Å². The normalized spacial score (nSPS) is 12.0. The standard InChI is InChI=1S/C7H2Br2F5NO/c8-2-1-3(16-7(12,13)14)4(6(10)11)15-5(2)9/h1,6H. The van der Waals surface area contributed by atoms with Gasteiger partial charge in [-0.2, -0.15) is 0 Å². The van der Waals surface area contributed by atoms with Gasteiger partial charge in [-0.3, -0.25) is 0 Å². The molecule has 0 aliphatic heterocycles. The molecule has 0 aromatic carbocycles. The fourth-order valence-electron chi connectivity index (χ4n) is 0.826. The molecule has 0 unspecified atom stereocenters. The quantitative estimate of drug-likeness (QED) is 0.567. The van der Waals surface area contributed by atoms with Gasteiger partial charge in [-0.05, 0) is 37.9 Å². The first-order chi connectivity index (χ1) is 7.20. The van der Waals surface area contributed by atoms with Crippen LogP contribution in [0.5, 0.6) is 5.75 Å². The number of ether oxygens (including phenoxy) is 1. The number of pyridine rings is 1. The molecule has 1 heterocycles. The molecule has 2 nitrogen and oxygen atoms in total. The van der Waals surface area contributed by atoms with E-state index in [1.165, 1.54) is 0 Å². The summed E-state index contributed by atoms with van der Waals surface area (Å²) in [5.41, 5.74) is -1.08. The maximum Gasteiger partial charge on any atom is 0.573 e. The van der Waals surface area contributed by atoms with Gasteiger partial charge in [0.05, 0.1) is 4.47 Å². The number of hydrogen-bond acceptors (Lipinski definition) is 2. The lowest BCUT2D eigenvalue weighted by atomic mass is 10.3. The minimum Gasteiger partial charge on any atom is -0.404 e. The number of nitrogens with zero attached hydrogens (tertiary/aromatic N) is 1. The van der Waals surface area contributed by atoms with E-state index in [9.17, 15) is 22.0 Å². The topological polar surface area (TPSA) is 22.1 Å². The Labute approximate surface area is 103 Å². The summed E-state index contributed by atoms with van der Waals surface area (Å²) in [6.45, 7) is 0. The second kappa shape index (κ2) is 4.82. The average Bonchev–Trinajstić information content (AvgIpc) is 2.07. The molecule has 1 rings (SSSR count). The van der Waals surface area contributed by atoms with Gasteiger partial charge < -0.3 is 4.74 Å². The molecule has 90 valence electrons. The molecule has 0 amide bonds. The summed E-state index contributed by atoms with van der Waals surface area (Å²) in [5, 5.41) is 0. The number of halogens is 7. The molecule has 0 aliphatic rings. The number of alkyl halides is 5. The highest BCUT2D eigenvalue weighted by Crippen LogP contribution is 2.36. The molecule has 0 saturated carbocycles. The second-order valence-corrected chi connectivity index (χ2v) is 4.10. The molecule has 0 atom stereocenters. The molecule has 0 radical (unpaired) electrons. The van der Waals surface area contributed by atoms with Crippen molar-refractivity contribution in [2.24, 2.45) is 0 Å². The van der Waals surface area contributed by atoms with E-state index in [0.717, 1.165) is 6.07 Å². The molecule has 0 spiro atoms. The van der Waals surface area contributed by atoms with Gasteiger partial charge in [-0.15, -0.1) is 13.2 Å². The van der Waals surface area contributed by atoms with Gasteiger partial charge in [0, 0.05) is 0 Å². The Kier molecular flexibility index (Phi) is 4.11. The Morgan fingerprint density at radius 3 is 2.25 bits per heavy atom. The van der Waals surface area contributed by atoms with Crippen LogP contribution in [0.1, 0.15) is 12.1 Å². The fraction of sp³-hybridized carbons (Fsp3) is 0.286. The van der Waals surface area contributed by atoms with Crippen molar-refractivity contribution in [3.8, 4) is 5.75 Å². The lowest BCUT2D eigenvalue weighted by molar-refractivity contribution is -0.275. The summed E-state index contributed by atoms with van der Waals surface area (Å²) in [7, 11) is 0. The Morgan fingerprint density at radius 1 is 1.25 bits per heavy atom. The van der Waals surface area contributed by atoms with Crippen LogP contribution in [0.25, 0.3) is 0 Å². The van der Waals surface area contributed by atoms with E-state index in [0.29, 0.717) is 0 Å². The lowest BCUT2D eigenvalue weighted by Crippen LogP contribution is -2.18. The Hall–Kier alpha value is -0.440. The van der Waals surface area contributed by atoms with Crippen molar-refractivity contribution in [1.29, 1.82) is 0 Å². The maximum absolute atomic E-state index is 12.4. The van der Waals surface area contributed by atoms with E-state index < -0.39 is 24.2 Å². The first-order valence-electron chi connectivity index (χ1n) is 3.60. The van der Waals surface area contributed by atoms with Crippen LogP contribution in [0.4, 0.5) is 22.0 Å². The predicted octanol–water partition coefficient (Wildman–Crippen LogP) is 4.44. The second-order valence-electron chi connectivity index (χ2n) is 2.49. The molecule has 1 aromatic rings. The van der Waals surface area contributed by atoms with Gasteiger partial charge in [-0.25, -0.2) is 13.8 Å². The maximum atomic E-state index is 12.4. The molecule has 0 N–H and O–H groups in total. The Bertz CT molecular complexity index is 395. The summed E-state index contributed by atoms with van der Waals surface area (Å²) in [6.07, 6.45) is -8.21. The molecule has 0 aliphatic carbocycles. The smallest absolute Gasteiger partial charge is 0.404 e. The number of rotatable bonds is 2. The lowest BCUT2D eigenvalue weighted by Gasteiger charge is -2.13. The molecule has 9 heteroatoms. The molecule has 0 saturated heterocycles. The minimum absolute atomic E-state index is 0.0303. The zero-order valence-corrected chi connectivity index (χ0v) is 10.3. The summed E-state index contributed by atoms with van der Waals surface area (Å²) in [5.74, 6) is -1.03. The Balaban J connectivity index is 3.20. The highest BCUT2D eigenvalue weighted by atomic mass is 79.9. The van der Waals surface area contributed by atoms with Crippen LogP contribution in [0.3, 0.4) is 0 Å². The largest absolute Gasteiger partial charge is 0.573 e. The monoisotopic (exact) mass is 369 g/mol. The van der Waals surface area contributed by atoms with Crippen molar-refractivity contribution >= 4 is 31.9 Å². The molecule has 16 heavy (non-hydrogen) atoms. The predicted molar refractivity (Wildman–Crippen MR) is 51.3 cm³/mol. The summed E-state index contributed by atoms with van der Waals surface area (Å²) < 4.78 is 63.9. The molecule has 0 fully saturated rings. The van der Waals surface area contributed by atoms with Gasteiger partial charge in [0.2, 0.25) is 0 Å². The summed E-state index contributed by atoms with van der Waals surface area (Å²) in [4.78, 5) is 3.25. The fourth-order valence-corrected chi connectivity index (χ4v) is 1.43. The van der Waals surface area contributed by atoms with E-state index in [1.54, 1.807) is 0 Å². The van der Waals surface area contributed by atoms with Gasteiger partial charge in [-0.1, -0.05) is 0 Å². The highest BCUT2D eigenvalue weighted by Gasteiger charge is 2.34. The van der Waals surface area contributed by atoms with Crippen molar-refractivity contribution in [3.63, 3.8) is 0 Å². The summed E-state index contributed by atoms with van der Waals surface area (Å²) >= 11 is 5.64. The molecular weight excluding hydrogens is 369 g/mol. The van der Waals surface area contributed by atoms with Gasteiger partial charge in [0.15, 0.2) is 5.75 Å². The number of aromatic nitrogens is 1. The van der Waals surface area contributed by atoms with E-state index in [-0.39, 0.29) is 9.08 Å². The van der Waals surface area contributed by atoms with Crippen LogP contribution in [0, 0.1) is 0 Å². The van der Waals surface area contributed by atoms with Crippen LogP contribution in [0.2, 0.25) is 0 Å². The van der Waals surface area contributed by atoms with Crippen LogP contribution in [-0.4, -0.2) is 11.3 Å². The first-order valence-corrected chi connectivity index (χ1v) is 5.19. The van der Waals surface area contributed by atoms with E-state index in [1.807, 2.05) is 0 Å². The molecule has 0 bridgehead atoms. The minimum atomic E-state index is -5.04. The molecule has 1 aromatic heterocycles. The zero-order valence-electron chi connectivity index (χ0n) is 7.16. The van der Waals surface area contributed by atoms with Crippen molar-refractivity contribution in [2.45, 2.75) is 12.8 Å². The van der Waals surface area contributed by atoms with Crippen LogP contribution >= 0.6 is 31.9 Å². The van der Waals surface area contributed by atoms with Gasteiger partial charge in [0.25, 0.3) is 6.43 Å². The van der Waals surface area contributed by atoms with Crippen LogP contribution < -0.4 is 4.74 Å². The Morgan fingerprint density at radius 2 is 1.81 bits per heavy atom. The van der Waals surface area contributed by atoms with Crippen molar-refractivity contribution in [2.75, 3.05) is 0 Å². The van der Waals surface area contributed by atoms with Gasteiger partial charge in [0.1, 0.15) is 10.3 Å². The average molecular weight is 371 g/mol. The zero-order chi connectivity index (χ0) is 12.5. The van der Waals surface area contributed by atoms with Crippen molar-refractivity contribution in [1.82, 2.24) is 4.98 Å². The van der Waals surface area contributed by atoms with Crippen LogP contribution in [-0.2, 0) is 0 Å². The third-order valence-electron chi connectivity index (χ3n) is 1.36. The SMILES string of the molecule is FC(F)c1nc(Br)c(Br)cc1OC(F)(F)F. The third-order valence-corrected chi connectivity index (χ3v) is 3.10. The molecular formula is C7H2Br2F5NO. The first kappa shape index (κ1) is 13.6.